The molecule has 0 aliphatic heterocycles. The molecule has 0 saturated heterocycles. The molecule has 0 fully saturated rings. The number of aryl methyl sites for hydroxylation is 1. The topological polar surface area (TPSA) is 30.5 Å². The van der Waals surface area contributed by atoms with Gasteiger partial charge in [0.05, 0.1) is 7.11 Å². The van der Waals surface area contributed by atoms with Crippen molar-refractivity contribution in [2.24, 2.45) is 0 Å². The number of benzene rings is 3. The van der Waals surface area contributed by atoms with Crippen LogP contribution >= 0.6 is 23.2 Å². The minimum Gasteiger partial charge on any atom is -0.493 e. The summed E-state index contributed by atoms with van der Waals surface area (Å²) in [6, 6.07) is 19.6. The van der Waals surface area contributed by atoms with Crippen LogP contribution in [-0.4, -0.2) is 7.11 Å². The van der Waals surface area contributed by atoms with Crippen molar-refractivity contribution in [1.82, 2.24) is 0 Å². The van der Waals surface area contributed by atoms with Crippen LogP contribution in [0.2, 0.25) is 10.0 Å². The van der Waals surface area contributed by atoms with Crippen molar-refractivity contribution in [3.05, 3.63) is 87.4 Å². The fraction of sp³-hybridized carbons (Fsp3) is 0.182. The third kappa shape index (κ3) is 5.31. The molecule has 3 rings (SSSR count). The molecule has 0 bridgehead atoms. The van der Waals surface area contributed by atoms with E-state index in [0.29, 0.717) is 34.7 Å². The van der Waals surface area contributed by atoms with Crippen LogP contribution in [0, 0.1) is 6.92 Å². The smallest absolute Gasteiger partial charge is 0.161 e. The fourth-order valence-corrected chi connectivity index (χ4v) is 3.07. The van der Waals surface area contributed by atoms with E-state index in [1.54, 1.807) is 19.2 Å². The summed E-state index contributed by atoms with van der Waals surface area (Å²) in [5.74, 6) is 1.35. The predicted octanol–water partition coefficient (Wildman–Crippen LogP) is 6.50. The number of methoxy groups -OCH3 is 1. The van der Waals surface area contributed by atoms with Gasteiger partial charge in [0.15, 0.2) is 11.5 Å². The summed E-state index contributed by atoms with van der Waals surface area (Å²) in [4.78, 5) is 0. The van der Waals surface area contributed by atoms with E-state index in [-0.39, 0.29) is 0 Å². The Labute approximate surface area is 169 Å². The minimum absolute atomic E-state index is 0.341. The summed E-state index contributed by atoms with van der Waals surface area (Å²) >= 11 is 12.1. The van der Waals surface area contributed by atoms with Crippen molar-refractivity contribution in [2.45, 2.75) is 20.1 Å². The van der Waals surface area contributed by atoms with Crippen LogP contribution in [0.15, 0.2) is 60.7 Å². The Morgan fingerprint density at radius 2 is 1.67 bits per heavy atom. The van der Waals surface area contributed by atoms with Crippen molar-refractivity contribution in [2.75, 3.05) is 12.4 Å². The monoisotopic (exact) mass is 401 g/mol. The Bertz CT molecular complexity index is 911. The van der Waals surface area contributed by atoms with Gasteiger partial charge in [-0.05, 0) is 48.9 Å². The Morgan fingerprint density at radius 1 is 0.889 bits per heavy atom. The van der Waals surface area contributed by atoms with Crippen LogP contribution in [0.1, 0.15) is 16.7 Å². The molecule has 0 aliphatic rings. The molecule has 3 aromatic rings. The van der Waals surface area contributed by atoms with Crippen molar-refractivity contribution >= 4 is 28.9 Å². The van der Waals surface area contributed by atoms with Crippen LogP contribution < -0.4 is 14.8 Å². The number of ether oxygens (including phenoxy) is 2. The molecule has 0 aliphatic carbocycles. The normalized spacial score (nSPS) is 10.5. The molecule has 0 atom stereocenters. The third-order valence-electron chi connectivity index (χ3n) is 4.17. The highest BCUT2D eigenvalue weighted by molar-refractivity contribution is 6.35. The predicted molar refractivity (Wildman–Crippen MR) is 112 cm³/mol. The molecule has 0 aromatic heterocycles. The van der Waals surface area contributed by atoms with Gasteiger partial charge in [0.2, 0.25) is 0 Å². The molecule has 3 nitrogen and oxygen atoms in total. The zero-order chi connectivity index (χ0) is 19.2. The van der Waals surface area contributed by atoms with Crippen LogP contribution in [0.4, 0.5) is 5.69 Å². The molecule has 0 saturated carbocycles. The van der Waals surface area contributed by atoms with E-state index >= 15 is 0 Å². The lowest BCUT2D eigenvalue weighted by atomic mass is 10.2. The first-order chi connectivity index (χ1) is 13.0. The Kier molecular flexibility index (Phi) is 6.49. The van der Waals surface area contributed by atoms with E-state index in [9.17, 15) is 0 Å². The summed E-state index contributed by atoms with van der Waals surface area (Å²) in [5.41, 5.74) is 4.29. The lowest BCUT2D eigenvalue weighted by molar-refractivity contribution is 0.284. The first kappa shape index (κ1) is 19.4. The molecule has 140 valence electrons. The maximum atomic E-state index is 6.20. The van der Waals surface area contributed by atoms with Gasteiger partial charge in [0, 0.05) is 27.8 Å². The molecule has 5 heteroatoms. The fourth-order valence-electron chi connectivity index (χ4n) is 2.61. The summed E-state index contributed by atoms with van der Waals surface area (Å²) < 4.78 is 11.4. The van der Waals surface area contributed by atoms with E-state index < -0.39 is 0 Å². The zero-order valence-electron chi connectivity index (χ0n) is 15.3. The number of rotatable bonds is 7. The Morgan fingerprint density at radius 3 is 2.37 bits per heavy atom. The van der Waals surface area contributed by atoms with Gasteiger partial charge >= 0.3 is 0 Å². The Hall–Kier alpha value is -2.36. The molecule has 0 heterocycles. The number of nitrogens with one attached hydrogen (secondary N) is 1. The molecular formula is C22H21Cl2NO2. The molecule has 1 N–H and O–H groups in total. The lowest BCUT2D eigenvalue weighted by Crippen LogP contribution is -2.02. The second-order valence-electron chi connectivity index (χ2n) is 6.23. The lowest BCUT2D eigenvalue weighted by Gasteiger charge is -2.14. The van der Waals surface area contributed by atoms with Gasteiger partial charge in [0.1, 0.15) is 6.61 Å². The SMILES string of the molecule is COc1cc(CNc2ccc(C)cc2)ccc1OCc1ccc(Cl)cc1Cl. The van der Waals surface area contributed by atoms with Gasteiger partial charge in [0.25, 0.3) is 0 Å². The molecule has 0 radical (unpaired) electrons. The van der Waals surface area contributed by atoms with Crippen molar-refractivity contribution in [3.8, 4) is 11.5 Å². The van der Waals surface area contributed by atoms with Gasteiger partial charge in [-0.15, -0.1) is 0 Å². The van der Waals surface area contributed by atoms with E-state index in [1.807, 2.05) is 24.3 Å². The molecule has 27 heavy (non-hydrogen) atoms. The van der Waals surface area contributed by atoms with Gasteiger partial charge < -0.3 is 14.8 Å². The standard InChI is InChI=1S/C22H21Cl2NO2/c1-15-3-8-19(9-4-15)25-13-16-5-10-21(22(11-16)26-2)27-14-17-6-7-18(23)12-20(17)24/h3-12,25H,13-14H2,1-2H3. The van der Waals surface area contributed by atoms with Crippen LogP contribution in [0.3, 0.4) is 0 Å². The maximum Gasteiger partial charge on any atom is 0.161 e. The number of hydrogen-bond acceptors (Lipinski definition) is 3. The van der Waals surface area contributed by atoms with Crippen LogP contribution in [-0.2, 0) is 13.2 Å². The molecule has 3 aromatic carbocycles. The first-order valence-electron chi connectivity index (χ1n) is 8.59. The molecule has 0 spiro atoms. The van der Waals surface area contributed by atoms with Gasteiger partial charge in [-0.1, -0.05) is 53.0 Å². The minimum atomic E-state index is 0.341. The third-order valence-corrected chi connectivity index (χ3v) is 4.76. The molecule has 0 unspecified atom stereocenters. The van der Waals surface area contributed by atoms with Gasteiger partial charge in [-0.25, -0.2) is 0 Å². The average Bonchev–Trinajstić information content (AvgIpc) is 2.67. The summed E-state index contributed by atoms with van der Waals surface area (Å²) in [6.45, 7) is 3.11. The first-order valence-corrected chi connectivity index (χ1v) is 9.35. The second-order valence-corrected chi connectivity index (χ2v) is 7.07. The summed E-state index contributed by atoms with van der Waals surface area (Å²) in [5, 5.41) is 4.59. The van der Waals surface area contributed by atoms with Crippen LogP contribution in [0.5, 0.6) is 11.5 Å². The van der Waals surface area contributed by atoms with Gasteiger partial charge in [-0.2, -0.15) is 0 Å². The van der Waals surface area contributed by atoms with Crippen molar-refractivity contribution in [1.29, 1.82) is 0 Å². The molecular weight excluding hydrogens is 381 g/mol. The Balaban J connectivity index is 1.65. The highest BCUT2D eigenvalue weighted by atomic mass is 35.5. The summed E-state index contributed by atoms with van der Waals surface area (Å²) in [7, 11) is 1.63. The zero-order valence-corrected chi connectivity index (χ0v) is 16.8. The molecule has 0 amide bonds. The number of anilines is 1. The largest absolute Gasteiger partial charge is 0.493 e. The van der Waals surface area contributed by atoms with E-state index in [0.717, 1.165) is 16.8 Å². The maximum absolute atomic E-state index is 6.20. The van der Waals surface area contributed by atoms with Crippen molar-refractivity contribution < 1.29 is 9.47 Å². The van der Waals surface area contributed by atoms with E-state index in [2.05, 4.69) is 36.5 Å². The van der Waals surface area contributed by atoms with Gasteiger partial charge in [-0.3, -0.25) is 0 Å². The average molecular weight is 402 g/mol. The highest BCUT2D eigenvalue weighted by Gasteiger charge is 2.08. The van der Waals surface area contributed by atoms with Crippen LogP contribution in [0.25, 0.3) is 0 Å². The van der Waals surface area contributed by atoms with E-state index in [1.165, 1.54) is 5.56 Å². The quantitative estimate of drug-likeness (QED) is 0.489. The highest BCUT2D eigenvalue weighted by Crippen LogP contribution is 2.30. The summed E-state index contributed by atoms with van der Waals surface area (Å²) in [6.07, 6.45) is 0. The van der Waals surface area contributed by atoms with Crippen molar-refractivity contribution in [3.63, 3.8) is 0 Å². The van der Waals surface area contributed by atoms with E-state index in [4.69, 9.17) is 32.7 Å². The number of halogens is 2. The second kappa shape index (κ2) is 9.03. The number of hydrogen-bond donors (Lipinski definition) is 1.